The second-order valence-electron chi connectivity index (χ2n) is 7.46. The number of aromatic nitrogens is 3. The van der Waals surface area contributed by atoms with Crippen LogP contribution in [-0.2, 0) is 12.1 Å². The van der Waals surface area contributed by atoms with E-state index in [2.05, 4.69) is 64.0 Å². The topological polar surface area (TPSA) is 50.9 Å². The number of benzene rings is 3. The predicted octanol–water partition coefficient (Wildman–Crippen LogP) is 6.02. The SMILES string of the molecule is OCc1nc(Cl)cc2c1c(I)nn2C(c1ccccc1)(c1ccccc1)c1ccccc1. The van der Waals surface area contributed by atoms with Gasteiger partial charge in [0.2, 0.25) is 0 Å². The van der Waals surface area contributed by atoms with Gasteiger partial charge in [-0.25, -0.2) is 9.67 Å². The van der Waals surface area contributed by atoms with Crippen LogP contribution in [0.5, 0.6) is 0 Å². The first-order chi connectivity index (χ1) is 15.7. The minimum absolute atomic E-state index is 0.215. The highest BCUT2D eigenvalue weighted by molar-refractivity contribution is 14.1. The number of fused-ring (bicyclic) bond motifs is 1. The highest BCUT2D eigenvalue weighted by atomic mass is 127. The number of pyridine rings is 1. The van der Waals surface area contributed by atoms with Crippen LogP contribution < -0.4 is 0 Å². The smallest absolute Gasteiger partial charge is 0.138 e. The van der Waals surface area contributed by atoms with E-state index in [1.165, 1.54) is 0 Å². The molecular formula is C26H19ClIN3O. The van der Waals surface area contributed by atoms with Gasteiger partial charge in [0.15, 0.2) is 0 Å². The zero-order valence-corrected chi connectivity index (χ0v) is 19.9. The minimum Gasteiger partial charge on any atom is -0.390 e. The summed E-state index contributed by atoms with van der Waals surface area (Å²) in [6.07, 6.45) is 0. The van der Waals surface area contributed by atoms with Crippen molar-refractivity contribution in [3.8, 4) is 0 Å². The van der Waals surface area contributed by atoms with Crippen LogP contribution in [0.2, 0.25) is 5.15 Å². The molecule has 0 fully saturated rings. The van der Waals surface area contributed by atoms with Gasteiger partial charge in [-0.1, -0.05) is 103 Å². The highest BCUT2D eigenvalue weighted by Gasteiger charge is 2.41. The Morgan fingerprint density at radius 2 is 1.28 bits per heavy atom. The van der Waals surface area contributed by atoms with Gasteiger partial charge in [0.1, 0.15) is 14.4 Å². The lowest BCUT2D eigenvalue weighted by Crippen LogP contribution is -2.38. The van der Waals surface area contributed by atoms with Gasteiger partial charge in [-0.05, 0) is 39.3 Å². The Labute approximate surface area is 204 Å². The minimum atomic E-state index is -0.761. The first kappa shape index (κ1) is 21.1. The van der Waals surface area contributed by atoms with Crippen molar-refractivity contribution in [1.29, 1.82) is 0 Å². The Balaban J connectivity index is 2.00. The Morgan fingerprint density at radius 3 is 1.72 bits per heavy atom. The molecule has 4 nitrogen and oxygen atoms in total. The lowest BCUT2D eigenvalue weighted by molar-refractivity contribution is 0.278. The first-order valence-electron chi connectivity index (χ1n) is 10.2. The largest absolute Gasteiger partial charge is 0.390 e. The molecule has 0 bridgehead atoms. The van der Waals surface area contributed by atoms with E-state index in [9.17, 15) is 5.11 Å². The number of rotatable bonds is 5. The summed E-state index contributed by atoms with van der Waals surface area (Å²) in [6.45, 7) is -0.215. The lowest BCUT2D eigenvalue weighted by Gasteiger charge is -2.37. The van der Waals surface area contributed by atoms with Crippen molar-refractivity contribution in [2.45, 2.75) is 12.1 Å². The fourth-order valence-electron chi connectivity index (χ4n) is 4.41. The molecule has 0 aliphatic heterocycles. The zero-order chi connectivity index (χ0) is 22.1. The fourth-order valence-corrected chi connectivity index (χ4v) is 5.42. The Kier molecular flexibility index (Phi) is 5.71. The number of hydrogen-bond acceptors (Lipinski definition) is 3. The molecule has 0 aliphatic rings. The van der Waals surface area contributed by atoms with Crippen molar-refractivity contribution >= 4 is 45.1 Å². The number of aliphatic hydroxyl groups excluding tert-OH is 1. The Hall–Kier alpha value is -2.74. The normalized spacial score (nSPS) is 11.7. The molecule has 158 valence electrons. The van der Waals surface area contributed by atoms with Crippen molar-refractivity contribution in [3.05, 3.63) is 128 Å². The molecule has 0 aliphatic carbocycles. The summed E-state index contributed by atoms with van der Waals surface area (Å²) < 4.78 is 2.79. The van der Waals surface area contributed by atoms with Crippen LogP contribution in [0.4, 0.5) is 0 Å². The Bertz CT molecular complexity index is 1280. The van der Waals surface area contributed by atoms with Crippen LogP contribution >= 0.6 is 34.2 Å². The summed E-state index contributed by atoms with van der Waals surface area (Å²) in [5.41, 5.74) is 3.77. The second-order valence-corrected chi connectivity index (χ2v) is 8.86. The van der Waals surface area contributed by atoms with Gasteiger partial charge in [0.25, 0.3) is 0 Å². The molecular weight excluding hydrogens is 533 g/mol. The van der Waals surface area contributed by atoms with Gasteiger partial charge in [0, 0.05) is 6.07 Å². The molecule has 1 N–H and O–H groups in total. The molecule has 6 heteroatoms. The van der Waals surface area contributed by atoms with Gasteiger partial charge >= 0.3 is 0 Å². The van der Waals surface area contributed by atoms with E-state index in [0.29, 0.717) is 10.8 Å². The monoisotopic (exact) mass is 551 g/mol. The highest BCUT2D eigenvalue weighted by Crippen LogP contribution is 2.43. The molecule has 0 atom stereocenters. The van der Waals surface area contributed by atoms with Gasteiger partial charge in [0.05, 0.1) is 23.2 Å². The maximum absolute atomic E-state index is 9.99. The Morgan fingerprint density at radius 1 is 0.812 bits per heavy atom. The maximum atomic E-state index is 9.99. The molecule has 0 radical (unpaired) electrons. The quantitative estimate of drug-likeness (QED) is 0.165. The molecule has 5 rings (SSSR count). The van der Waals surface area contributed by atoms with E-state index in [1.54, 1.807) is 0 Å². The van der Waals surface area contributed by atoms with Crippen LogP contribution in [0.1, 0.15) is 22.4 Å². The summed E-state index contributed by atoms with van der Waals surface area (Å²) in [5.74, 6) is 0. The average Bonchev–Trinajstić information content (AvgIpc) is 3.17. The standard InChI is InChI=1S/C26H19ClIN3O/c27-23-16-22-24(21(17-32)29-23)25(28)30-31(22)26(18-10-4-1-5-11-18,19-12-6-2-7-13-19)20-14-8-3-9-15-20/h1-16,32H,17H2. The summed E-state index contributed by atoms with van der Waals surface area (Å²) in [6, 6.07) is 32.8. The van der Waals surface area contributed by atoms with Crippen LogP contribution in [0.15, 0.2) is 97.1 Å². The van der Waals surface area contributed by atoms with Gasteiger partial charge in [-0.2, -0.15) is 5.10 Å². The van der Waals surface area contributed by atoms with E-state index >= 15 is 0 Å². The second kappa shape index (κ2) is 8.65. The van der Waals surface area contributed by atoms with E-state index in [-0.39, 0.29) is 6.61 Å². The van der Waals surface area contributed by atoms with E-state index in [0.717, 1.165) is 31.3 Å². The molecule has 0 unspecified atom stereocenters. The molecule has 32 heavy (non-hydrogen) atoms. The van der Waals surface area contributed by atoms with Crippen molar-refractivity contribution < 1.29 is 5.11 Å². The maximum Gasteiger partial charge on any atom is 0.138 e. The number of nitrogens with zero attached hydrogens (tertiary/aromatic N) is 3. The third-order valence-corrected chi connectivity index (χ3v) is 6.66. The van der Waals surface area contributed by atoms with Crippen LogP contribution in [-0.4, -0.2) is 19.9 Å². The van der Waals surface area contributed by atoms with E-state index in [1.807, 2.05) is 65.3 Å². The molecule has 0 spiro atoms. The third-order valence-electron chi connectivity index (χ3n) is 5.71. The average molecular weight is 552 g/mol. The zero-order valence-electron chi connectivity index (χ0n) is 17.0. The van der Waals surface area contributed by atoms with Crippen molar-refractivity contribution in [2.75, 3.05) is 0 Å². The van der Waals surface area contributed by atoms with Crippen molar-refractivity contribution in [1.82, 2.24) is 14.8 Å². The fraction of sp³-hybridized carbons (Fsp3) is 0.0769. The van der Waals surface area contributed by atoms with Crippen LogP contribution in [0.3, 0.4) is 0 Å². The van der Waals surface area contributed by atoms with Crippen LogP contribution in [0.25, 0.3) is 10.9 Å². The summed E-state index contributed by atoms with van der Waals surface area (Å²) in [5, 5.41) is 16.2. The molecule has 5 aromatic rings. The summed E-state index contributed by atoms with van der Waals surface area (Å²) >= 11 is 8.62. The summed E-state index contributed by atoms with van der Waals surface area (Å²) in [4.78, 5) is 4.35. The number of aliphatic hydroxyl groups is 1. The summed E-state index contributed by atoms with van der Waals surface area (Å²) in [7, 11) is 0. The molecule has 3 aromatic carbocycles. The predicted molar refractivity (Wildman–Crippen MR) is 136 cm³/mol. The van der Waals surface area contributed by atoms with Crippen molar-refractivity contribution in [2.24, 2.45) is 0 Å². The molecule has 0 saturated heterocycles. The van der Waals surface area contributed by atoms with E-state index < -0.39 is 5.54 Å². The number of halogens is 2. The molecule has 2 heterocycles. The van der Waals surface area contributed by atoms with Gasteiger partial charge in [-0.3, -0.25) is 0 Å². The molecule has 0 amide bonds. The first-order valence-corrected chi connectivity index (χ1v) is 11.6. The van der Waals surface area contributed by atoms with E-state index in [4.69, 9.17) is 16.7 Å². The number of hydrogen-bond donors (Lipinski definition) is 1. The van der Waals surface area contributed by atoms with Crippen LogP contribution in [0, 0.1) is 3.70 Å². The molecule has 2 aromatic heterocycles. The van der Waals surface area contributed by atoms with Crippen molar-refractivity contribution in [3.63, 3.8) is 0 Å². The van der Waals surface area contributed by atoms with Gasteiger partial charge < -0.3 is 5.11 Å². The molecule has 0 saturated carbocycles. The lowest BCUT2D eigenvalue weighted by atomic mass is 9.77. The third kappa shape index (κ3) is 3.32. The van der Waals surface area contributed by atoms with Gasteiger partial charge in [-0.15, -0.1) is 0 Å².